The fraction of sp³-hybridized carbons (Fsp3) is 0.136. The van der Waals surface area contributed by atoms with Gasteiger partial charge >= 0.3 is 0 Å². The molecule has 146 valence electrons. The highest BCUT2D eigenvalue weighted by Crippen LogP contribution is 2.40. The minimum atomic E-state index is -0.718. The van der Waals surface area contributed by atoms with E-state index in [9.17, 15) is 14.7 Å². The third-order valence-electron chi connectivity index (χ3n) is 4.78. The van der Waals surface area contributed by atoms with Gasteiger partial charge in [-0.2, -0.15) is 0 Å². The second-order valence-electron chi connectivity index (χ2n) is 6.50. The number of hydrogen-bond acceptors (Lipinski definition) is 6. The van der Waals surface area contributed by atoms with E-state index in [2.05, 4.69) is 4.98 Å². The summed E-state index contributed by atoms with van der Waals surface area (Å²) in [5.74, 6) is -0.791. The van der Waals surface area contributed by atoms with Gasteiger partial charge in [-0.15, -0.1) is 11.3 Å². The fourth-order valence-electron chi connectivity index (χ4n) is 3.39. The molecule has 4 rings (SSSR count). The Balaban J connectivity index is 1.79. The molecule has 7 heteroatoms. The number of Topliss-reactive ketones (excluding diaryl/α,β-unsaturated/α-hetero) is 1. The maximum absolute atomic E-state index is 13.1. The Kier molecular flexibility index (Phi) is 5.14. The molecule has 1 aliphatic rings. The molecule has 0 aliphatic carbocycles. The average molecular weight is 406 g/mol. The highest BCUT2D eigenvalue weighted by Gasteiger charge is 2.44. The van der Waals surface area contributed by atoms with Gasteiger partial charge in [0.2, 0.25) is 5.78 Å². The third-order valence-corrected chi connectivity index (χ3v) is 5.65. The summed E-state index contributed by atoms with van der Waals surface area (Å²) in [6, 6.07) is 15.3. The van der Waals surface area contributed by atoms with E-state index in [4.69, 9.17) is 4.74 Å². The Morgan fingerprint density at radius 3 is 2.59 bits per heavy atom. The van der Waals surface area contributed by atoms with Crippen LogP contribution in [0.1, 0.15) is 27.0 Å². The number of hydrogen-bond donors (Lipinski definition) is 1. The summed E-state index contributed by atoms with van der Waals surface area (Å²) < 4.78 is 5.21. The number of aromatic nitrogens is 1. The lowest BCUT2D eigenvalue weighted by molar-refractivity contribution is -0.130. The molecule has 0 saturated heterocycles. The topological polar surface area (TPSA) is 79.7 Å². The van der Waals surface area contributed by atoms with Gasteiger partial charge in [-0.1, -0.05) is 24.3 Å². The minimum Gasteiger partial charge on any atom is -0.503 e. The van der Waals surface area contributed by atoms with Gasteiger partial charge in [0.15, 0.2) is 5.76 Å². The number of carbonyl (C=O) groups excluding carboxylic acids is 2. The van der Waals surface area contributed by atoms with Crippen molar-refractivity contribution in [3.8, 4) is 5.75 Å². The number of benzene rings is 1. The van der Waals surface area contributed by atoms with Crippen LogP contribution in [0.5, 0.6) is 5.75 Å². The van der Waals surface area contributed by atoms with E-state index in [1.54, 1.807) is 67.2 Å². The molecular weight excluding hydrogens is 388 g/mol. The smallest absolute Gasteiger partial charge is 0.290 e. The van der Waals surface area contributed by atoms with Crippen LogP contribution in [0.3, 0.4) is 0 Å². The molecule has 0 fully saturated rings. The highest BCUT2D eigenvalue weighted by atomic mass is 32.1. The molecule has 1 amide bonds. The number of aliphatic hydroxyl groups is 1. The number of rotatable bonds is 6. The van der Waals surface area contributed by atoms with Crippen LogP contribution in [-0.4, -0.2) is 33.8 Å². The van der Waals surface area contributed by atoms with Gasteiger partial charge in [0.25, 0.3) is 5.91 Å². The van der Waals surface area contributed by atoms with Crippen LogP contribution in [0, 0.1) is 0 Å². The minimum absolute atomic E-state index is 0.0820. The predicted octanol–water partition coefficient (Wildman–Crippen LogP) is 3.93. The summed E-state index contributed by atoms with van der Waals surface area (Å²) in [5.41, 5.74) is 1.45. The Morgan fingerprint density at radius 2 is 1.97 bits per heavy atom. The molecule has 3 heterocycles. The highest BCUT2D eigenvalue weighted by molar-refractivity contribution is 7.12. The van der Waals surface area contributed by atoms with Crippen LogP contribution >= 0.6 is 11.3 Å². The lowest BCUT2D eigenvalue weighted by Crippen LogP contribution is -2.31. The normalized spacial score (nSPS) is 16.4. The van der Waals surface area contributed by atoms with Crippen molar-refractivity contribution in [1.29, 1.82) is 0 Å². The molecule has 1 unspecified atom stereocenters. The second kappa shape index (κ2) is 7.89. The van der Waals surface area contributed by atoms with Crippen molar-refractivity contribution in [1.82, 2.24) is 9.88 Å². The summed E-state index contributed by atoms with van der Waals surface area (Å²) >= 11 is 1.27. The van der Waals surface area contributed by atoms with Gasteiger partial charge in [0.05, 0.1) is 35.8 Å². The number of pyridine rings is 1. The molecule has 0 radical (unpaired) electrons. The van der Waals surface area contributed by atoms with Crippen molar-refractivity contribution in [2.75, 3.05) is 7.11 Å². The summed E-state index contributed by atoms with van der Waals surface area (Å²) in [6.07, 6.45) is 1.64. The van der Waals surface area contributed by atoms with Crippen LogP contribution in [0.15, 0.2) is 77.5 Å². The molecule has 29 heavy (non-hydrogen) atoms. The Bertz CT molecular complexity index is 1060. The summed E-state index contributed by atoms with van der Waals surface area (Å²) in [6.45, 7) is 0.168. The maximum atomic E-state index is 13.1. The van der Waals surface area contributed by atoms with Crippen LogP contribution in [-0.2, 0) is 11.3 Å². The van der Waals surface area contributed by atoms with Crippen LogP contribution < -0.4 is 4.74 Å². The molecule has 1 atom stereocenters. The van der Waals surface area contributed by atoms with Crippen molar-refractivity contribution in [2.45, 2.75) is 12.6 Å². The van der Waals surface area contributed by atoms with Gasteiger partial charge in [0.1, 0.15) is 5.75 Å². The van der Waals surface area contributed by atoms with Crippen LogP contribution in [0.2, 0.25) is 0 Å². The molecule has 1 aliphatic heterocycles. The Hall–Kier alpha value is -3.45. The second-order valence-corrected chi connectivity index (χ2v) is 7.45. The number of ketones is 1. The largest absolute Gasteiger partial charge is 0.503 e. The predicted molar refractivity (Wildman–Crippen MR) is 109 cm³/mol. The Labute approximate surface area is 171 Å². The Morgan fingerprint density at radius 1 is 1.17 bits per heavy atom. The van der Waals surface area contributed by atoms with E-state index in [1.807, 2.05) is 6.07 Å². The van der Waals surface area contributed by atoms with Gasteiger partial charge in [-0.3, -0.25) is 14.6 Å². The SMILES string of the molecule is COc1ccc(C2C(C(=O)c3cccs3)=C(O)C(=O)N2Cc2ccccn2)cc1. The molecule has 3 aromatic rings. The van der Waals surface area contributed by atoms with Crippen molar-refractivity contribution < 1.29 is 19.4 Å². The molecular formula is C22H18N2O4S. The summed E-state index contributed by atoms with van der Waals surface area (Å²) in [7, 11) is 1.57. The lowest BCUT2D eigenvalue weighted by Gasteiger charge is -2.26. The van der Waals surface area contributed by atoms with E-state index < -0.39 is 17.7 Å². The standard InChI is InChI=1S/C22H18N2O4S/c1-28-16-9-7-14(8-10-16)19-18(20(25)17-6-4-12-29-17)21(26)22(27)24(19)13-15-5-2-3-11-23-15/h2-12,19,26H,13H2,1H3. The summed E-state index contributed by atoms with van der Waals surface area (Å²) in [4.78, 5) is 32.3. The lowest BCUT2D eigenvalue weighted by atomic mass is 9.95. The number of amides is 1. The van der Waals surface area contributed by atoms with E-state index in [1.165, 1.54) is 16.2 Å². The molecule has 1 aromatic carbocycles. The fourth-order valence-corrected chi connectivity index (χ4v) is 4.07. The van der Waals surface area contributed by atoms with Gasteiger partial charge in [-0.25, -0.2) is 0 Å². The van der Waals surface area contributed by atoms with E-state index >= 15 is 0 Å². The first kappa shape index (κ1) is 18.9. The zero-order chi connectivity index (χ0) is 20.4. The first-order chi connectivity index (χ1) is 14.1. The number of methoxy groups -OCH3 is 1. The molecule has 6 nitrogen and oxygen atoms in total. The average Bonchev–Trinajstić information content (AvgIpc) is 3.38. The van der Waals surface area contributed by atoms with Crippen molar-refractivity contribution >= 4 is 23.0 Å². The molecule has 0 saturated carbocycles. The monoisotopic (exact) mass is 406 g/mol. The van der Waals surface area contributed by atoms with Crippen LogP contribution in [0.4, 0.5) is 0 Å². The molecule has 0 spiro atoms. The number of ether oxygens (including phenoxy) is 1. The first-order valence-corrected chi connectivity index (χ1v) is 9.84. The van der Waals surface area contributed by atoms with Gasteiger partial charge in [0, 0.05) is 6.20 Å². The number of carbonyl (C=O) groups is 2. The molecule has 2 aromatic heterocycles. The number of aliphatic hydroxyl groups excluding tert-OH is 1. The molecule has 0 bridgehead atoms. The van der Waals surface area contributed by atoms with E-state index in [0.717, 1.165) is 0 Å². The van der Waals surface area contributed by atoms with E-state index in [-0.39, 0.29) is 17.9 Å². The maximum Gasteiger partial charge on any atom is 0.290 e. The van der Waals surface area contributed by atoms with Gasteiger partial charge in [-0.05, 0) is 41.3 Å². The number of nitrogens with zero attached hydrogens (tertiary/aromatic N) is 2. The molecule has 1 N–H and O–H groups in total. The van der Waals surface area contributed by atoms with Gasteiger partial charge < -0.3 is 14.7 Å². The van der Waals surface area contributed by atoms with Crippen LogP contribution in [0.25, 0.3) is 0 Å². The van der Waals surface area contributed by atoms with Crippen molar-refractivity contribution in [3.05, 3.63) is 93.6 Å². The van der Waals surface area contributed by atoms with Crippen molar-refractivity contribution in [3.63, 3.8) is 0 Å². The zero-order valence-electron chi connectivity index (χ0n) is 15.6. The quantitative estimate of drug-likeness (QED) is 0.628. The summed E-state index contributed by atoms with van der Waals surface area (Å²) in [5, 5.41) is 12.4. The number of thiophene rings is 1. The van der Waals surface area contributed by atoms with E-state index in [0.29, 0.717) is 21.9 Å². The first-order valence-electron chi connectivity index (χ1n) is 8.96. The third kappa shape index (κ3) is 3.52. The zero-order valence-corrected chi connectivity index (χ0v) is 16.4. The van der Waals surface area contributed by atoms with Crippen molar-refractivity contribution in [2.24, 2.45) is 0 Å².